The molecule has 0 aliphatic heterocycles. The van der Waals surface area contributed by atoms with Crippen LogP contribution in [0.5, 0.6) is 0 Å². The summed E-state index contributed by atoms with van der Waals surface area (Å²) >= 11 is 0. The van der Waals surface area contributed by atoms with Crippen LogP contribution in [0, 0.1) is 10.1 Å². The Morgan fingerprint density at radius 3 is 1.88 bits per heavy atom. The van der Waals surface area contributed by atoms with Crippen LogP contribution < -0.4 is 0 Å². The van der Waals surface area contributed by atoms with Crippen LogP contribution in [-0.4, -0.2) is 4.92 Å². The highest BCUT2D eigenvalue weighted by Gasteiger charge is 2.23. The zero-order valence-corrected chi connectivity index (χ0v) is 13.8. The highest BCUT2D eigenvalue weighted by Crippen LogP contribution is 2.41. The van der Waals surface area contributed by atoms with Gasteiger partial charge in [-0.05, 0) is 76.3 Å². The van der Waals surface area contributed by atoms with Crippen molar-refractivity contribution in [2.75, 3.05) is 0 Å². The monoisotopic (exact) mass is 327 g/mol. The molecular formula is C22H17NO2. The van der Waals surface area contributed by atoms with Gasteiger partial charge < -0.3 is 0 Å². The maximum atomic E-state index is 11.0. The number of rotatable bonds is 1. The first-order chi connectivity index (χ1) is 12.2. The Hall–Kier alpha value is -2.94. The second-order valence-electron chi connectivity index (χ2n) is 6.92. The van der Waals surface area contributed by atoms with E-state index in [1.165, 1.54) is 33.4 Å². The third-order valence-electron chi connectivity index (χ3n) is 5.55. The van der Waals surface area contributed by atoms with Crippen LogP contribution >= 0.6 is 0 Å². The highest BCUT2D eigenvalue weighted by molar-refractivity contribution is 5.82. The van der Waals surface area contributed by atoms with Crippen LogP contribution in [0.3, 0.4) is 0 Å². The molecule has 0 saturated carbocycles. The van der Waals surface area contributed by atoms with E-state index in [1.54, 1.807) is 12.1 Å². The molecule has 0 saturated heterocycles. The number of benzene rings is 3. The lowest BCUT2D eigenvalue weighted by molar-refractivity contribution is -0.384. The van der Waals surface area contributed by atoms with Gasteiger partial charge in [0.15, 0.2) is 0 Å². The minimum absolute atomic E-state index is 0.189. The van der Waals surface area contributed by atoms with Crippen molar-refractivity contribution in [1.82, 2.24) is 0 Å². The summed E-state index contributed by atoms with van der Waals surface area (Å²) in [5.74, 6) is 0. The molecule has 3 nitrogen and oxygen atoms in total. The summed E-state index contributed by atoms with van der Waals surface area (Å²) in [7, 11) is 0. The Bertz CT molecular complexity index is 1040. The van der Waals surface area contributed by atoms with Crippen molar-refractivity contribution in [3.8, 4) is 22.3 Å². The molecule has 0 atom stereocenters. The second-order valence-corrected chi connectivity index (χ2v) is 6.92. The molecule has 3 heteroatoms. The molecule has 0 aromatic heterocycles. The van der Waals surface area contributed by atoms with Crippen molar-refractivity contribution in [1.29, 1.82) is 0 Å². The molecule has 25 heavy (non-hydrogen) atoms. The Balaban J connectivity index is 1.68. The molecule has 0 N–H and O–H groups in total. The third-order valence-corrected chi connectivity index (χ3v) is 5.55. The Morgan fingerprint density at radius 2 is 1.20 bits per heavy atom. The fourth-order valence-electron chi connectivity index (χ4n) is 4.31. The van der Waals surface area contributed by atoms with Crippen molar-refractivity contribution < 1.29 is 4.92 Å². The van der Waals surface area contributed by atoms with Crippen molar-refractivity contribution in [2.24, 2.45) is 0 Å². The number of fused-ring (bicyclic) bond motifs is 6. The first-order valence-electron chi connectivity index (χ1n) is 8.72. The number of nitrogens with zero attached hydrogens (tertiary/aromatic N) is 1. The average molecular weight is 327 g/mol. The van der Waals surface area contributed by atoms with Gasteiger partial charge in [0.1, 0.15) is 0 Å². The summed E-state index contributed by atoms with van der Waals surface area (Å²) in [5.41, 5.74) is 10.6. The number of nitro benzene ring substituents is 1. The molecule has 0 heterocycles. The van der Waals surface area contributed by atoms with Crippen LogP contribution in [0.1, 0.15) is 22.3 Å². The SMILES string of the molecule is O=[N+]([O-])c1ccc2c(c1)CCc1cc3c(cc1-2)CCc1ccccc1-3. The van der Waals surface area contributed by atoms with Gasteiger partial charge in [0, 0.05) is 12.1 Å². The standard InChI is InChI=1S/C22H17NO2/c24-23(25)18-9-10-20-15(11-18)7-8-17-12-21-16(13-22(17)20)6-5-14-3-1-2-4-19(14)21/h1-4,9-13H,5-8H2. The predicted molar refractivity (Wildman–Crippen MR) is 98.8 cm³/mol. The van der Waals surface area contributed by atoms with E-state index >= 15 is 0 Å². The first-order valence-corrected chi connectivity index (χ1v) is 8.72. The van der Waals surface area contributed by atoms with Gasteiger partial charge in [-0.3, -0.25) is 10.1 Å². The van der Waals surface area contributed by atoms with E-state index in [0.717, 1.165) is 36.8 Å². The molecule has 5 rings (SSSR count). The topological polar surface area (TPSA) is 43.1 Å². The minimum Gasteiger partial charge on any atom is -0.258 e. The lowest BCUT2D eigenvalue weighted by Crippen LogP contribution is -2.09. The van der Waals surface area contributed by atoms with Gasteiger partial charge in [0.2, 0.25) is 0 Å². The molecule has 0 fully saturated rings. The van der Waals surface area contributed by atoms with Gasteiger partial charge in [0.25, 0.3) is 5.69 Å². The fourth-order valence-corrected chi connectivity index (χ4v) is 4.31. The summed E-state index contributed by atoms with van der Waals surface area (Å²) in [6.07, 6.45) is 3.94. The normalized spacial score (nSPS) is 14.1. The molecule has 0 unspecified atom stereocenters. The van der Waals surface area contributed by atoms with Crippen molar-refractivity contribution in [3.05, 3.63) is 87.0 Å². The smallest absolute Gasteiger partial charge is 0.258 e. The highest BCUT2D eigenvalue weighted by atomic mass is 16.6. The van der Waals surface area contributed by atoms with Crippen molar-refractivity contribution >= 4 is 5.69 Å². The number of aryl methyl sites for hydroxylation is 4. The molecular weight excluding hydrogens is 310 g/mol. The minimum atomic E-state index is -0.306. The van der Waals surface area contributed by atoms with Crippen molar-refractivity contribution in [3.63, 3.8) is 0 Å². The summed E-state index contributed by atoms with van der Waals surface area (Å²) in [4.78, 5) is 10.7. The van der Waals surface area contributed by atoms with E-state index in [-0.39, 0.29) is 10.6 Å². The number of nitro groups is 1. The molecule has 0 radical (unpaired) electrons. The number of hydrogen-bond acceptors (Lipinski definition) is 2. The lowest BCUT2D eigenvalue weighted by atomic mass is 9.78. The van der Waals surface area contributed by atoms with Gasteiger partial charge in [-0.25, -0.2) is 0 Å². The fraction of sp³-hybridized carbons (Fsp3) is 0.182. The molecule has 0 amide bonds. The van der Waals surface area contributed by atoms with Gasteiger partial charge in [-0.2, -0.15) is 0 Å². The maximum absolute atomic E-state index is 11.0. The Kier molecular flexibility index (Phi) is 3.04. The summed E-state index contributed by atoms with van der Waals surface area (Å²) < 4.78 is 0. The molecule has 3 aromatic rings. The van der Waals surface area contributed by atoms with E-state index < -0.39 is 0 Å². The number of non-ortho nitro benzene ring substituents is 1. The lowest BCUT2D eigenvalue weighted by Gasteiger charge is -2.26. The average Bonchev–Trinajstić information content (AvgIpc) is 2.65. The molecule has 2 aliphatic rings. The van der Waals surface area contributed by atoms with Crippen LogP contribution in [0.25, 0.3) is 22.3 Å². The van der Waals surface area contributed by atoms with E-state index in [2.05, 4.69) is 36.4 Å². The number of hydrogen-bond donors (Lipinski definition) is 0. The quantitative estimate of drug-likeness (QED) is 0.459. The molecule has 0 spiro atoms. The van der Waals surface area contributed by atoms with E-state index in [9.17, 15) is 10.1 Å². The first kappa shape index (κ1) is 14.4. The summed E-state index contributed by atoms with van der Waals surface area (Å²) in [6.45, 7) is 0. The largest absolute Gasteiger partial charge is 0.269 e. The van der Waals surface area contributed by atoms with Gasteiger partial charge in [-0.1, -0.05) is 36.4 Å². The molecule has 0 bridgehead atoms. The van der Waals surface area contributed by atoms with E-state index in [0.29, 0.717) is 0 Å². The van der Waals surface area contributed by atoms with Gasteiger partial charge in [-0.15, -0.1) is 0 Å². The zero-order chi connectivity index (χ0) is 17.0. The van der Waals surface area contributed by atoms with Crippen molar-refractivity contribution in [2.45, 2.75) is 25.7 Å². The van der Waals surface area contributed by atoms with E-state index in [4.69, 9.17) is 0 Å². The summed E-state index contributed by atoms with van der Waals surface area (Å²) in [5, 5.41) is 11.0. The second kappa shape index (κ2) is 5.28. The van der Waals surface area contributed by atoms with Crippen LogP contribution in [0.4, 0.5) is 5.69 Å². The summed E-state index contributed by atoms with van der Waals surface area (Å²) in [6, 6.07) is 18.7. The molecule has 122 valence electrons. The Labute approximate surface area is 146 Å². The van der Waals surface area contributed by atoms with Gasteiger partial charge in [0.05, 0.1) is 4.92 Å². The van der Waals surface area contributed by atoms with Crippen LogP contribution in [0.15, 0.2) is 54.6 Å². The molecule has 2 aliphatic carbocycles. The maximum Gasteiger partial charge on any atom is 0.269 e. The van der Waals surface area contributed by atoms with Gasteiger partial charge >= 0.3 is 0 Å². The van der Waals surface area contributed by atoms with Crippen LogP contribution in [-0.2, 0) is 25.7 Å². The predicted octanol–water partition coefficient (Wildman–Crippen LogP) is 5.13. The Morgan fingerprint density at radius 1 is 0.640 bits per heavy atom. The molecule has 3 aromatic carbocycles. The zero-order valence-electron chi connectivity index (χ0n) is 13.8. The third kappa shape index (κ3) is 2.19. The van der Waals surface area contributed by atoms with E-state index in [1.807, 2.05) is 6.07 Å². The van der Waals surface area contributed by atoms with Crippen LogP contribution in [0.2, 0.25) is 0 Å².